The van der Waals surface area contributed by atoms with Gasteiger partial charge in [-0.1, -0.05) is 26.8 Å². The fourth-order valence-electron chi connectivity index (χ4n) is 4.64. The zero-order valence-corrected chi connectivity index (χ0v) is 13.3. The van der Waals surface area contributed by atoms with Crippen LogP contribution in [-0.4, -0.2) is 6.04 Å². The van der Waals surface area contributed by atoms with Crippen molar-refractivity contribution in [2.45, 2.75) is 59.0 Å². The summed E-state index contributed by atoms with van der Waals surface area (Å²) < 4.78 is 26.5. The molecule has 1 aromatic carbocycles. The van der Waals surface area contributed by atoms with Gasteiger partial charge in [-0.3, -0.25) is 0 Å². The summed E-state index contributed by atoms with van der Waals surface area (Å²) in [5.74, 6) is -0.767. The van der Waals surface area contributed by atoms with E-state index in [9.17, 15) is 8.78 Å². The lowest BCUT2D eigenvalue weighted by Crippen LogP contribution is -2.45. The molecule has 0 aliphatic heterocycles. The average molecular weight is 293 g/mol. The molecule has 0 radical (unpaired) electrons. The van der Waals surface area contributed by atoms with E-state index in [0.717, 1.165) is 11.5 Å². The Labute approximate surface area is 126 Å². The number of halogens is 2. The van der Waals surface area contributed by atoms with Crippen molar-refractivity contribution in [1.29, 1.82) is 0 Å². The number of hydrogen-bond donors (Lipinski definition) is 1. The number of nitrogens with one attached hydrogen (secondary N) is 1. The lowest BCUT2D eigenvalue weighted by atomic mass is 9.69. The molecule has 0 amide bonds. The van der Waals surface area contributed by atoms with Gasteiger partial charge < -0.3 is 5.32 Å². The highest BCUT2D eigenvalue weighted by Crippen LogP contribution is 2.65. The average Bonchev–Trinajstić information content (AvgIpc) is 2.75. The predicted octanol–water partition coefficient (Wildman–Crippen LogP) is 4.83. The van der Waals surface area contributed by atoms with Gasteiger partial charge in [0.05, 0.1) is 0 Å². The minimum Gasteiger partial charge on any atom is -0.307 e. The summed E-state index contributed by atoms with van der Waals surface area (Å²) in [5, 5.41) is 3.68. The second kappa shape index (κ2) is 4.77. The van der Waals surface area contributed by atoms with E-state index < -0.39 is 11.6 Å². The monoisotopic (exact) mass is 293 g/mol. The first kappa shape index (κ1) is 15.0. The van der Waals surface area contributed by atoms with Gasteiger partial charge >= 0.3 is 0 Å². The molecular weight excluding hydrogens is 268 g/mol. The maximum absolute atomic E-state index is 13.4. The Morgan fingerprint density at radius 3 is 2.43 bits per heavy atom. The van der Waals surface area contributed by atoms with Gasteiger partial charge in [-0.25, -0.2) is 8.78 Å². The molecule has 4 unspecified atom stereocenters. The molecule has 1 aromatic rings. The van der Waals surface area contributed by atoms with E-state index in [-0.39, 0.29) is 6.04 Å². The molecule has 3 heteroatoms. The lowest BCUT2D eigenvalue weighted by Gasteiger charge is -2.40. The quantitative estimate of drug-likeness (QED) is 0.841. The molecular formula is C18H25F2N. The summed E-state index contributed by atoms with van der Waals surface area (Å²) in [6.45, 7) is 9.19. The van der Waals surface area contributed by atoms with Crippen LogP contribution in [0.3, 0.4) is 0 Å². The molecule has 2 saturated carbocycles. The molecule has 2 bridgehead atoms. The fourth-order valence-corrected chi connectivity index (χ4v) is 4.64. The summed E-state index contributed by atoms with van der Waals surface area (Å²) in [6.07, 6.45) is 3.77. The van der Waals surface area contributed by atoms with Crippen LogP contribution < -0.4 is 5.32 Å². The van der Waals surface area contributed by atoms with Crippen LogP contribution in [0.5, 0.6) is 0 Å². The minimum atomic E-state index is -0.779. The Balaban J connectivity index is 1.77. The first-order chi connectivity index (χ1) is 9.75. The van der Waals surface area contributed by atoms with E-state index in [0.29, 0.717) is 16.9 Å². The van der Waals surface area contributed by atoms with Crippen molar-refractivity contribution in [1.82, 2.24) is 5.32 Å². The van der Waals surface area contributed by atoms with E-state index in [4.69, 9.17) is 0 Å². The zero-order valence-electron chi connectivity index (χ0n) is 13.3. The molecule has 21 heavy (non-hydrogen) atoms. The first-order valence-corrected chi connectivity index (χ1v) is 7.97. The molecule has 2 aliphatic carbocycles. The predicted molar refractivity (Wildman–Crippen MR) is 80.9 cm³/mol. The molecule has 0 aromatic heterocycles. The van der Waals surface area contributed by atoms with Crippen LogP contribution in [0.25, 0.3) is 0 Å². The largest absolute Gasteiger partial charge is 0.307 e. The second-order valence-electron chi connectivity index (χ2n) is 7.72. The Bertz CT molecular complexity index is 554. The Hall–Kier alpha value is -0.960. The van der Waals surface area contributed by atoms with Gasteiger partial charge in [0.15, 0.2) is 11.6 Å². The number of fused-ring (bicyclic) bond motifs is 2. The summed E-state index contributed by atoms with van der Waals surface area (Å²) in [7, 11) is 0. The topological polar surface area (TPSA) is 12.0 Å². The summed E-state index contributed by atoms with van der Waals surface area (Å²) in [6, 6.07) is 4.70. The van der Waals surface area contributed by atoms with E-state index in [1.807, 2.05) is 6.92 Å². The molecule has 1 N–H and O–H groups in total. The number of hydrogen-bond acceptors (Lipinski definition) is 1. The molecule has 1 nitrogen and oxygen atoms in total. The van der Waals surface area contributed by atoms with Crippen molar-refractivity contribution in [2.24, 2.45) is 16.7 Å². The molecule has 2 fully saturated rings. The van der Waals surface area contributed by atoms with Gasteiger partial charge in [0.25, 0.3) is 0 Å². The van der Waals surface area contributed by atoms with Gasteiger partial charge in [-0.15, -0.1) is 0 Å². The van der Waals surface area contributed by atoms with Crippen molar-refractivity contribution in [2.75, 3.05) is 0 Å². The fraction of sp³-hybridized carbons (Fsp3) is 0.667. The number of benzene rings is 1. The van der Waals surface area contributed by atoms with Gasteiger partial charge in [-0.2, -0.15) is 0 Å². The maximum Gasteiger partial charge on any atom is 0.159 e. The molecule has 0 heterocycles. The van der Waals surface area contributed by atoms with Crippen LogP contribution in [0.4, 0.5) is 8.78 Å². The number of rotatable bonds is 3. The van der Waals surface area contributed by atoms with Crippen LogP contribution in [0.2, 0.25) is 0 Å². The standard InChI is InChI=1S/C18H25F2N/c1-11(12-5-6-14(19)15(20)9-12)21-16-10-13-7-8-18(16,4)17(13,2)3/h5-6,9,11,13,16,21H,7-8,10H2,1-4H3. The molecule has 0 spiro atoms. The van der Waals surface area contributed by atoms with Crippen LogP contribution in [0, 0.1) is 28.4 Å². The molecule has 3 rings (SSSR count). The van der Waals surface area contributed by atoms with Gasteiger partial charge in [0.1, 0.15) is 0 Å². The van der Waals surface area contributed by atoms with Crippen LogP contribution in [0.15, 0.2) is 18.2 Å². The maximum atomic E-state index is 13.4. The Kier molecular flexibility index (Phi) is 3.40. The van der Waals surface area contributed by atoms with Crippen LogP contribution in [-0.2, 0) is 0 Å². The van der Waals surface area contributed by atoms with Crippen molar-refractivity contribution in [3.8, 4) is 0 Å². The van der Waals surface area contributed by atoms with Crippen molar-refractivity contribution >= 4 is 0 Å². The van der Waals surface area contributed by atoms with Gasteiger partial charge in [0.2, 0.25) is 0 Å². The van der Waals surface area contributed by atoms with E-state index >= 15 is 0 Å². The highest BCUT2D eigenvalue weighted by atomic mass is 19.2. The summed E-state index contributed by atoms with van der Waals surface area (Å²) in [4.78, 5) is 0. The van der Waals surface area contributed by atoms with E-state index in [2.05, 4.69) is 26.1 Å². The molecule has 0 saturated heterocycles. The highest BCUT2D eigenvalue weighted by molar-refractivity contribution is 5.22. The third kappa shape index (κ3) is 2.12. The van der Waals surface area contributed by atoms with Crippen molar-refractivity contribution < 1.29 is 8.78 Å². The smallest absolute Gasteiger partial charge is 0.159 e. The van der Waals surface area contributed by atoms with Crippen molar-refractivity contribution in [3.05, 3.63) is 35.4 Å². The van der Waals surface area contributed by atoms with Crippen molar-refractivity contribution in [3.63, 3.8) is 0 Å². The summed E-state index contributed by atoms with van der Waals surface area (Å²) in [5.41, 5.74) is 1.47. The second-order valence-corrected chi connectivity index (χ2v) is 7.72. The van der Waals surface area contributed by atoms with E-state index in [1.54, 1.807) is 6.07 Å². The minimum absolute atomic E-state index is 0.0390. The highest BCUT2D eigenvalue weighted by Gasteiger charge is 2.61. The summed E-state index contributed by atoms with van der Waals surface area (Å²) >= 11 is 0. The Morgan fingerprint density at radius 1 is 1.19 bits per heavy atom. The normalized spacial score (nSPS) is 35.1. The first-order valence-electron chi connectivity index (χ1n) is 7.97. The Morgan fingerprint density at radius 2 is 1.90 bits per heavy atom. The van der Waals surface area contributed by atoms with Crippen LogP contribution in [0.1, 0.15) is 58.6 Å². The molecule has 2 aliphatic rings. The third-order valence-electron chi connectivity index (χ3n) is 6.69. The van der Waals surface area contributed by atoms with Gasteiger partial charge in [0, 0.05) is 12.1 Å². The lowest BCUT2D eigenvalue weighted by molar-refractivity contribution is 0.116. The SMILES string of the molecule is CC(NC1CC2CCC1(C)C2(C)C)c1ccc(F)c(F)c1. The van der Waals surface area contributed by atoms with E-state index in [1.165, 1.54) is 31.4 Å². The van der Waals surface area contributed by atoms with Crippen LogP contribution >= 0.6 is 0 Å². The molecule has 116 valence electrons. The van der Waals surface area contributed by atoms with Gasteiger partial charge in [-0.05, 0) is 60.6 Å². The molecule has 4 atom stereocenters. The zero-order chi connectivity index (χ0) is 15.4. The third-order valence-corrected chi connectivity index (χ3v) is 6.69.